The number of benzene rings is 8. The van der Waals surface area contributed by atoms with Crippen LogP contribution in [0.1, 0.15) is 0 Å². The molecule has 0 spiro atoms. The van der Waals surface area contributed by atoms with E-state index in [1.54, 1.807) is 11.3 Å². The quantitative estimate of drug-likeness (QED) is 0.175. The van der Waals surface area contributed by atoms with Crippen LogP contribution in [0.5, 0.6) is 0 Å². The SMILES string of the molecule is c1ccc2c(c1)-c1ccccc1-n1c3cc4c5ccccc5n(-c5nc(-c6cccc7sc8ccccc8c67)c6c(n5)sc5ccccc56)c4cc3c3cccc-2c31. The van der Waals surface area contributed by atoms with Gasteiger partial charge < -0.3 is 4.57 Å². The van der Waals surface area contributed by atoms with Crippen molar-refractivity contribution >= 4 is 107 Å². The Balaban J connectivity index is 1.13. The monoisotopic (exact) mass is 772 g/mol. The molecule has 5 aromatic heterocycles. The molecule has 58 heavy (non-hydrogen) atoms. The van der Waals surface area contributed by atoms with Crippen LogP contribution in [0.3, 0.4) is 0 Å². The zero-order valence-electron chi connectivity index (χ0n) is 30.8. The average molecular weight is 773 g/mol. The fraction of sp³-hybridized carbons (Fsp3) is 0. The summed E-state index contributed by atoms with van der Waals surface area (Å²) in [5.41, 5.74) is 12.9. The van der Waals surface area contributed by atoms with Gasteiger partial charge in [0.05, 0.1) is 33.4 Å². The molecule has 0 saturated carbocycles. The van der Waals surface area contributed by atoms with Crippen molar-refractivity contribution in [3.8, 4) is 45.1 Å². The van der Waals surface area contributed by atoms with Crippen molar-refractivity contribution in [3.05, 3.63) is 170 Å². The minimum atomic E-state index is 0.681. The van der Waals surface area contributed by atoms with E-state index in [0.717, 1.165) is 32.5 Å². The number of hydrogen-bond acceptors (Lipinski definition) is 4. The maximum absolute atomic E-state index is 5.69. The van der Waals surface area contributed by atoms with E-state index in [4.69, 9.17) is 9.97 Å². The molecule has 14 rings (SSSR count). The summed E-state index contributed by atoms with van der Waals surface area (Å²) >= 11 is 3.59. The van der Waals surface area contributed by atoms with Gasteiger partial charge in [-0.3, -0.25) is 4.57 Å². The van der Waals surface area contributed by atoms with E-state index < -0.39 is 0 Å². The lowest BCUT2D eigenvalue weighted by Gasteiger charge is -2.13. The smallest absolute Gasteiger partial charge is 0.236 e. The largest absolute Gasteiger partial charge is 0.308 e. The number of rotatable bonds is 2. The maximum atomic E-state index is 5.69. The van der Waals surface area contributed by atoms with Gasteiger partial charge in [-0.15, -0.1) is 22.7 Å². The summed E-state index contributed by atoms with van der Waals surface area (Å²) in [7, 11) is 0. The molecule has 13 aromatic rings. The van der Waals surface area contributed by atoms with Gasteiger partial charge in [-0.2, -0.15) is 0 Å². The molecule has 6 heterocycles. The first-order valence-electron chi connectivity index (χ1n) is 19.6. The van der Waals surface area contributed by atoms with Gasteiger partial charge in [0.15, 0.2) is 0 Å². The van der Waals surface area contributed by atoms with Gasteiger partial charge in [-0.25, -0.2) is 9.97 Å². The summed E-state index contributed by atoms with van der Waals surface area (Å²) in [5.74, 6) is 0.681. The second-order valence-electron chi connectivity index (χ2n) is 15.3. The van der Waals surface area contributed by atoms with E-state index >= 15 is 0 Å². The molecule has 6 heteroatoms. The van der Waals surface area contributed by atoms with Crippen molar-refractivity contribution in [2.45, 2.75) is 0 Å². The first-order chi connectivity index (χ1) is 28.8. The fourth-order valence-corrected chi connectivity index (χ4v) is 12.1. The van der Waals surface area contributed by atoms with Crippen LogP contribution in [0, 0.1) is 0 Å². The second-order valence-corrected chi connectivity index (χ2v) is 17.4. The minimum Gasteiger partial charge on any atom is -0.308 e. The average Bonchev–Trinajstić information content (AvgIpc) is 4.01. The van der Waals surface area contributed by atoms with E-state index in [1.807, 2.05) is 11.3 Å². The number of thiophene rings is 2. The van der Waals surface area contributed by atoms with Gasteiger partial charge in [0.1, 0.15) is 4.83 Å². The van der Waals surface area contributed by atoms with Crippen LogP contribution in [-0.4, -0.2) is 19.1 Å². The van der Waals surface area contributed by atoms with Crippen molar-refractivity contribution < 1.29 is 0 Å². The van der Waals surface area contributed by atoms with Crippen LogP contribution in [0.2, 0.25) is 0 Å². The molecule has 4 nitrogen and oxygen atoms in total. The van der Waals surface area contributed by atoms with Crippen LogP contribution in [0.4, 0.5) is 0 Å². The van der Waals surface area contributed by atoms with E-state index in [-0.39, 0.29) is 0 Å². The third-order valence-electron chi connectivity index (χ3n) is 12.3. The lowest BCUT2D eigenvalue weighted by molar-refractivity contribution is 1.02. The van der Waals surface area contributed by atoms with Gasteiger partial charge in [0.2, 0.25) is 5.95 Å². The number of nitrogens with zero attached hydrogens (tertiary/aromatic N) is 4. The highest BCUT2D eigenvalue weighted by Gasteiger charge is 2.27. The van der Waals surface area contributed by atoms with Crippen molar-refractivity contribution in [2.24, 2.45) is 0 Å². The van der Waals surface area contributed by atoms with Crippen LogP contribution in [0.25, 0.3) is 129 Å². The molecule has 0 radical (unpaired) electrons. The molecule has 0 amide bonds. The maximum Gasteiger partial charge on any atom is 0.236 e. The molecule has 1 aliphatic heterocycles. The van der Waals surface area contributed by atoms with Crippen molar-refractivity contribution in [2.75, 3.05) is 0 Å². The summed E-state index contributed by atoms with van der Waals surface area (Å²) in [6, 6.07) is 62.1. The minimum absolute atomic E-state index is 0.681. The summed E-state index contributed by atoms with van der Waals surface area (Å²) in [6.45, 7) is 0. The highest BCUT2D eigenvalue weighted by atomic mass is 32.1. The van der Waals surface area contributed by atoms with E-state index in [0.29, 0.717) is 5.95 Å². The van der Waals surface area contributed by atoms with E-state index in [1.165, 1.54) is 90.8 Å². The molecular formula is C52H28N4S2. The number of hydrogen-bond donors (Lipinski definition) is 0. The Hall–Kier alpha value is -7.12. The summed E-state index contributed by atoms with van der Waals surface area (Å²) in [6.07, 6.45) is 0. The molecule has 0 bridgehead atoms. The van der Waals surface area contributed by atoms with Gasteiger partial charge in [0.25, 0.3) is 0 Å². The summed E-state index contributed by atoms with van der Waals surface area (Å²) in [5, 5.41) is 9.61. The normalized spacial score (nSPS) is 12.5. The lowest BCUT2D eigenvalue weighted by atomic mass is 9.94. The van der Waals surface area contributed by atoms with Crippen molar-refractivity contribution in [1.82, 2.24) is 19.1 Å². The first-order valence-corrected chi connectivity index (χ1v) is 21.2. The molecule has 268 valence electrons. The molecule has 8 aromatic carbocycles. The second kappa shape index (κ2) is 11.3. The molecule has 0 aliphatic carbocycles. The Kier molecular flexibility index (Phi) is 6.02. The Morgan fingerprint density at radius 3 is 1.78 bits per heavy atom. The van der Waals surface area contributed by atoms with Crippen LogP contribution in [0.15, 0.2) is 170 Å². The van der Waals surface area contributed by atoms with Gasteiger partial charge in [0, 0.05) is 73.9 Å². The molecule has 0 N–H and O–H groups in total. The Labute approximate surface area is 339 Å². The standard InChI is InChI=1S/C52H28N4S2/c1-2-14-30-29(13-1)31-15-3-7-22-40(31)55-42-27-38-32-16-4-8-23-41(32)56(43(38)28-39(42)34-20-11-19-33(30)50(34)55)52-53-49(48-36-18-6-10-25-45(36)58-51(48)54-52)37-21-12-26-46-47(37)35-17-5-9-24-44(35)57-46/h1-28H. The fourth-order valence-electron chi connectivity index (χ4n) is 9.94. The van der Waals surface area contributed by atoms with Gasteiger partial charge >= 0.3 is 0 Å². The summed E-state index contributed by atoms with van der Waals surface area (Å²) in [4.78, 5) is 12.2. The zero-order valence-corrected chi connectivity index (χ0v) is 32.4. The zero-order chi connectivity index (χ0) is 37.6. The number of aromatic nitrogens is 4. The van der Waals surface area contributed by atoms with Crippen LogP contribution >= 0.6 is 22.7 Å². The third-order valence-corrected chi connectivity index (χ3v) is 14.5. The molecule has 0 saturated heterocycles. The predicted octanol–water partition coefficient (Wildman–Crippen LogP) is 14.7. The molecular weight excluding hydrogens is 745 g/mol. The molecule has 1 aliphatic rings. The van der Waals surface area contributed by atoms with E-state index in [2.05, 4.69) is 179 Å². The Morgan fingerprint density at radius 2 is 0.931 bits per heavy atom. The predicted molar refractivity (Wildman–Crippen MR) is 246 cm³/mol. The van der Waals surface area contributed by atoms with Crippen molar-refractivity contribution in [3.63, 3.8) is 0 Å². The molecule has 0 unspecified atom stereocenters. The molecule has 0 atom stereocenters. The highest BCUT2D eigenvalue weighted by molar-refractivity contribution is 7.26. The van der Waals surface area contributed by atoms with Gasteiger partial charge in [-0.1, -0.05) is 127 Å². The molecule has 0 fully saturated rings. The highest BCUT2D eigenvalue weighted by Crippen LogP contribution is 2.49. The number of para-hydroxylation sites is 3. The Morgan fingerprint density at radius 1 is 0.362 bits per heavy atom. The lowest BCUT2D eigenvalue weighted by Crippen LogP contribution is -2.03. The first kappa shape index (κ1) is 31.0. The van der Waals surface area contributed by atoms with Crippen LogP contribution in [-0.2, 0) is 0 Å². The van der Waals surface area contributed by atoms with Gasteiger partial charge in [-0.05, 0) is 53.6 Å². The van der Waals surface area contributed by atoms with Crippen LogP contribution < -0.4 is 0 Å². The number of fused-ring (bicyclic) bond motifs is 17. The Bertz CT molecular complexity index is 3930. The third kappa shape index (κ3) is 3.98. The van der Waals surface area contributed by atoms with E-state index in [9.17, 15) is 0 Å². The van der Waals surface area contributed by atoms with Crippen molar-refractivity contribution in [1.29, 1.82) is 0 Å². The topological polar surface area (TPSA) is 35.6 Å². The summed E-state index contributed by atoms with van der Waals surface area (Å²) < 4.78 is 8.57.